The van der Waals surface area contributed by atoms with Gasteiger partial charge in [0, 0.05) is 12.1 Å². The molecular formula is C14H20N2O4. The summed E-state index contributed by atoms with van der Waals surface area (Å²) in [6.07, 6.45) is 0.910. The molecule has 0 heterocycles. The van der Waals surface area contributed by atoms with Crippen LogP contribution in [0.3, 0.4) is 0 Å². The number of nitrogens with one attached hydrogen (secondary N) is 2. The van der Waals surface area contributed by atoms with E-state index in [2.05, 4.69) is 10.6 Å². The van der Waals surface area contributed by atoms with E-state index >= 15 is 0 Å². The average Bonchev–Trinajstić information content (AvgIpc) is 2.44. The van der Waals surface area contributed by atoms with Crippen LogP contribution in [0.1, 0.15) is 30.6 Å². The van der Waals surface area contributed by atoms with Crippen LogP contribution in [0.5, 0.6) is 5.75 Å². The van der Waals surface area contributed by atoms with Crippen LogP contribution in [0.25, 0.3) is 0 Å². The normalized spacial score (nSPS) is 11.8. The molecule has 0 radical (unpaired) electrons. The highest BCUT2D eigenvalue weighted by Gasteiger charge is 2.13. The van der Waals surface area contributed by atoms with Gasteiger partial charge >= 0.3 is 5.97 Å². The first-order chi connectivity index (χ1) is 9.47. The van der Waals surface area contributed by atoms with E-state index in [1.807, 2.05) is 13.8 Å². The number of carboxylic acids is 1. The third-order valence-corrected chi connectivity index (χ3v) is 2.95. The maximum absolute atomic E-state index is 11.8. The Bertz CT molecular complexity index is 488. The van der Waals surface area contributed by atoms with Crippen LogP contribution in [-0.4, -0.2) is 36.7 Å². The summed E-state index contributed by atoms with van der Waals surface area (Å²) in [5.74, 6) is -0.904. The molecule has 0 aliphatic rings. The van der Waals surface area contributed by atoms with Gasteiger partial charge in [-0.15, -0.1) is 0 Å². The van der Waals surface area contributed by atoms with Crippen LogP contribution in [0.15, 0.2) is 18.2 Å². The van der Waals surface area contributed by atoms with E-state index < -0.39 is 5.97 Å². The SMILES string of the molecule is CCC(C)NCC(=O)Nc1cc(OC)ccc1C(=O)O. The minimum atomic E-state index is -1.10. The molecule has 6 heteroatoms. The van der Waals surface area contributed by atoms with E-state index in [4.69, 9.17) is 9.84 Å². The second-order valence-corrected chi connectivity index (χ2v) is 4.46. The summed E-state index contributed by atoms with van der Waals surface area (Å²) in [6, 6.07) is 4.66. The maximum Gasteiger partial charge on any atom is 0.337 e. The molecule has 1 atom stereocenters. The smallest absolute Gasteiger partial charge is 0.337 e. The number of benzene rings is 1. The fraction of sp³-hybridized carbons (Fsp3) is 0.429. The number of aromatic carboxylic acids is 1. The number of anilines is 1. The zero-order chi connectivity index (χ0) is 15.1. The Hall–Kier alpha value is -2.08. The minimum absolute atomic E-state index is 0.0303. The van der Waals surface area contributed by atoms with Gasteiger partial charge in [0.15, 0.2) is 0 Å². The summed E-state index contributed by atoms with van der Waals surface area (Å²) < 4.78 is 5.03. The minimum Gasteiger partial charge on any atom is -0.497 e. The van der Waals surface area contributed by atoms with E-state index in [9.17, 15) is 9.59 Å². The molecule has 1 rings (SSSR count). The van der Waals surface area contributed by atoms with Gasteiger partial charge in [-0.05, 0) is 25.5 Å². The number of amides is 1. The molecule has 0 aromatic heterocycles. The Morgan fingerprint density at radius 1 is 1.40 bits per heavy atom. The molecular weight excluding hydrogens is 260 g/mol. The summed E-state index contributed by atoms with van der Waals surface area (Å²) >= 11 is 0. The molecule has 0 saturated heterocycles. The van der Waals surface area contributed by atoms with Gasteiger partial charge in [-0.1, -0.05) is 6.92 Å². The number of carboxylic acid groups (broad SMARTS) is 1. The summed E-state index contributed by atoms with van der Waals surface area (Å²) in [6.45, 7) is 4.12. The zero-order valence-electron chi connectivity index (χ0n) is 11.9. The highest BCUT2D eigenvalue weighted by molar-refractivity contribution is 6.01. The molecule has 0 bridgehead atoms. The number of hydrogen-bond donors (Lipinski definition) is 3. The summed E-state index contributed by atoms with van der Waals surface area (Å²) in [4.78, 5) is 22.9. The number of rotatable bonds is 7. The van der Waals surface area contributed by atoms with Crippen LogP contribution in [0, 0.1) is 0 Å². The van der Waals surface area contributed by atoms with Crippen LogP contribution >= 0.6 is 0 Å². The Morgan fingerprint density at radius 2 is 2.10 bits per heavy atom. The third kappa shape index (κ3) is 4.55. The Morgan fingerprint density at radius 3 is 2.65 bits per heavy atom. The van der Waals surface area contributed by atoms with Crippen LogP contribution in [0.4, 0.5) is 5.69 Å². The fourth-order valence-electron chi connectivity index (χ4n) is 1.55. The standard InChI is InChI=1S/C14H20N2O4/c1-4-9(2)15-8-13(17)16-12-7-10(20-3)5-6-11(12)14(18)19/h5-7,9,15H,4,8H2,1-3H3,(H,16,17)(H,18,19). The maximum atomic E-state index is 11.8. The van der Waals surface area contributed by atoms with Crippen molar-refractivity contribution in [2.45, 2.75) is 26.3 Å². The van der Waals surface area contributed by atoms with Crippen LogP contribution in [0.2, 0.25) is 0 Å². The topological polar surface area (TPSA) is 87.7 Å². The Balaban J connectivity index is 2.79. The lowest BCUT2D eigenvalue weighted by Crippen LogP contribution is -2.34. The molecule has 20 heavy (non-hydrogen) atoms. The van der Waals surface area contributed by atoms with Gasteiger partial charge < -0.3 is 20.5 Å². The van der Waals surface area contributed by atoms with Crippen molar-refractivity contribution in [3.8, 4) is 5.75 Å². The lowest BCUT2D eigenvalue weighted by molar-refractivity contribution is -0.115. The molecule has 0 aliphatic carbocycles. The predicted octanol–water partition coefficient (Wildman–Crippen LogP) is 1.72. The van der Waals surface area contributed by atoms with Gasteiger partial charge in [-0.2, -0.15) is 0 Å². The fourth-order valence-corrected chi connectivity index (χ4v) is 1.55. The Kier molecular flexibility index (Phi) is 5.99. The van der Waals surface area contributed by atoms with Gasteiger partial charge in [0.1, 0.15) is 5.75 Å². The van der Waals surface area contributed by atoms with Gasteiger partial charge in [-0.3, -0.25) is 4.79 Å². The van der Waals surface area contributed by atoms with E-state index in [1.54, 1.807) is 0 Å². The second-order valence-electron chi connectivity index (χ2n) is 4.46. The van der Waals surface area contributed by atoms with Crippen molar-refractivity contribution in [2.24, 2.45) is 0 Å². The first-order valence-corrected chi connectivity index (χ1v) is 6.42. The van der Waals surface area contributed by atoms with Crippen molar-refractivity contribution < 1.29 is 19.4 Å². The van der Waals surface area contributed by atoms with Crippen molar-refractivity contribution in [3.63, 3.8) is 0 Å². The van der Waals surface area contributed by atoms with Crippen molar-refractivity contribution in [2.75, 3.05) is 19.0 Å². The van der Waals surface area contributed by atoms with Crippen molar-refractivity contribution in [1.29, 1.82) is 0 Å². The number of carbonyl (C=O) groups excluding carboxylic acids is 1. The molecule has 6 nitrogen and oxygen atoms in total. The molecule has 3 N–H and O–H groups in total. The molecule has 110 valence electrons. The van der Waals surface area contributed by atoms with Gasteiger partial charge in [-0.25, -0.2) is 4.79 Å². The second kappa shape index (κ2) is 7.49. The van der Waals surface area contributed by atoms with Crippen molar-refractivity contribution in [3.05, 3.63) is 23.8 Å². The largest absolute Gasteiger partial charge is 0.497 e. The van der Waals surface area contributed by atoms with E-state index in [1.165, 1.54) is 25.3 Å². The highest BCUT2D eigenvalue weighted by Crippen LogP contribution is 2.22. The van der Waals surface area contributed by atoms with E-state index in [-0.39, 0.29) is 29.7 Å². The summed E-state index contributed by atoms with van der Waals surface area (Å²) in [5, 5.41) is 14.7. The average molecular weight is 280 g/mol. The molecule has 0 aliphatic heterocycles. The Labute approximate surface area is 118 Å². The molecule has 1 aromatic carbocycles. The first kappa shape index (κ1) is 16.0. The van der Waals surface area contributed by atoms with Gasteiger partial charge in [0.05, 0.1) is 24.9 Å². The van der Waals surface area contributed by atoms with Crippen molar-refractivity contribution >= 4 is 17.6 Å². The molecule has 1 unspecified atom stereocenters. The van der Waals surface area contributed by atoms with E-state index in [0.717, 1.165) is 6.42 Å². The highest BCUT2D eigenvalue weighted by atomic mass is 16.5. The lowest BCUT2D eigenvalue weighted by Gasteiger charge is -2.13. The molecule has 0 fully saturated rings. The van der Waals surface area contributed by atoms with Crippen molar-refractivity contribution in [1.82, 2.24) is 5.32 Å². The molecule has 1 aromatic rings. The predicted molar refractivity (Wildman–Crippen MR) is 76.3 cm³/mol. The summed E-state index contributed by atoms with van der Waals surface area (Å²) in [5.41, 5.74) is 0.260. The first-order valence-electron chi connectivity index (χ1n) is 6.42. The van der Waals surface area contributed by atoms with Crippen LogP contribution < -0.4 is 15.4 Å². The molecule has 0 spiro atoms. The molecule has 0 saturated carbocycles. The third-order valence-electron chi connectivity index (χ3n) is 2.95. The van der Waals surface area contributed by atoms with E-state index in [0.29, 0.717) is 5.75 Å². The number of ether oxygens (including phenoxy) is 1. The number of methoxy groups -OCH3 is 1. The lowest BCUT2D eigenvalue weighted by atomic mass is 10.1. The summed E-state index contributed by atoms with van der Waals surface area (Å²) in [7, 11) is 1.48. The van der Waals surface area contributed by atoms with Crippen LogP contribution in [-0.2, 0) is 4.79 Å². The number of carbonyl (C=O) groups is 2. The molecule has 1 amide bonds. The monoisotopic (exact) mass is 280 g/mol. The number of hydrogen-bond acceptors (Lipinski definition) is 4. The quantitative estimate of drug-likeness (QED) is 0.708. The van der Waals surface area contributed by atoms with Gasteiger partial charge in [0.25, 0.3) is 0 Å². The van der Waals surface area contributed by atoms with Gasteiger partial charge in [0.2, 0.25) is 5.91 Å². The zero-order valence-corrected chi connectivity index (χ0v) is 11.9.